The number of benzene rings is 1. The molecule has 1 aliphatic rings. The first-order valence-corrected chi connectivity index (χ1v) is 11.1. The van der Waals surface area contributed by atoms with Gasteiger partial charge in [-0.3, -0.25) is 9.59 Å². The quantitative estimate of drug-likeness (QED) is 0.561. The second-order valence-electron chi connectivity index (χ2n) is 7.33. The van der Waals surface area contributed by atoms with Crippen molar-refractivity contribution in [3.8, 4) is 5.75 Å². The predicted molar refractivity (Wildman–Crippen MR) is 117 cm³/mol. The number of ether oxygens (including phenoxy) is 2. The molecular weight excluding hydrogens is 404 g/mol. The summed E-state index contributed by atoms with van der Waals surface area (Å²) in [6.07, 6.45) is 0. The summed E-state index contributed by atoms with van der Waals surface area (Å²) in [5.74, 6) is 2.71. The molecule has 0 aliphatic carbocycles. The fourth-order valence-corrected chi connectivity index (χ4v) is 4.11. The average Bonchev–Trinajstić information content (AvgIpc) is 3.29. The first-order valence-electron chi connectivity index (χ1n) is 9.92. The van der Waals surface area contributed by atoms with Crippen LogP contribution in [0.25, 0.3) is 0 Å². The summed E-state index contributed by atoms with van der Waals surface area (Å²) in [6.45, 7) is 5.04. The lowest BCUT2D eigenvalue weighted by molar-refractivity contribution is -0.122. The lowest BCUT2D eigenvalue weighted by Gasteiger charge is -2.12. The van der Waals surface area contributed by atoms with Crippen LogP contribution in [0.2, 0.25) is 0 Å². The van der Waals surface area contributed by atoms with Crippen molar-refractivity contribution >= 4 is 29.4 Å². The molecule has 9 heteroatoms. The van der Waals surface area contributed by atoms with Gasteiger partial charge in [-0.15, -0.1) is 0 Å². The van der Waals surface area contributed by atoms with Gasteiger partial charge in [-0.05, 0) is 23.6 Å². The zero-order valence-electron chi connectivity index (χ0n) is 17.6. The molecule has 162 valence electrons. The Kier molecular flexibility index (Phi) is 7.75. The van der Waals surface area contributed by atoms with Crippen molar-refractivity contribution in [1.82, 2.24) is 15.1 Å². The van der Waals surface area contributed by atoms with E-state index in [1.54, 1.807) is 23.6 Å². The highest BCUT2D eigenvalue weighted by Gasteiger charge is 2.25. The highest BCUT2D eigenvalue weighted by molar-refractivity contribution is 7.98. The Morgan fingerprint density at radius 3 is 2.67 bits per heavy atom. The Bertz CT molecular complexity index is 880. The number of carbonyl (C=O) groups excluding carboxylic acids is 2. The number of nitrogens with one attached hydrogen (secondary N) is 2. The van der Waals surface area contributed by atoms with Gasteiger partial charge in [0, 0.05) is 30.7 Å². The van der Waals surface area contributed by atoms with E-state index in [2.05, 4.69) is 29.6 Å². The molecule has 1 aliphatic heterocycles. The largest absolute Gasteiger partial charge is 0.484 e. The van der Waals surface area contributed by atoms with Crippen LogP contribution in [0.15, 0.2) is 24.3 Å². The normalized spacial score (nSPS) is 12.7. The topological polar surface area (TPSA) is 94.5 Å². The molecule has 8 nitrogen and oxygen atoms in total. The van der Waals surface area contributed by atoms with E-state index in [9.17, 15) is 9.59 Å². The van der Waals surface area contributed by atoms with E-state index in [1.165, 1.54) is 5.56 Å². The van der Waals surface area contributed by atoms with Crippen LogP contribution in [0.5, 0.6) is 5.75 Å². The van der Waals surface area contributed by atoms with Gasteiger partial charge >= 0.3 is 0 Å². The first-order chi connectivity index (χ1) is 14.5. The summed E-state index contributed by atoms with van der Waals surface area (Å²) in [4.78, 5) is 24.7. The maximum absolute atomic E-state index is 12.5. The summed E-state index contributed by atoms with van der Waals surface area (Å²) in [5, 5.41) is 10.2. The molecule has 1 aromatic carbocycles. The summed E-state index contributed by atoms with van der Waals surface area (Å²) >= 11 is 1.73. The molecule has 0 spiro atoms. The molecular formula is C21H28N4O4S. The standard InChI is InChI=1S/C21H28N4O4S/c1-14(2)15-4-6-16(7-5-15)29-11-20(27)23-21-17-12-30-13-18(17)24-25(21)10-19(26)22-8-9-28-3/h4-7,14H,8-13H2,1-3H3,(H,22,26)(H,23,27). The van der Waals surface area contributed by atoms with Crippen molar-refractivity contribution in [3.63, 3.8) is 0 Å². The van der Waals surface area contributed by atoms with E-state index in [4.69, 9.17) is 9.47 Å². The Labute approximate surface area is 180 Å². The number of aromatic nitrogens is 2. The van der Waals surface area contributed by atoms with Crippen molar-refractivity contribution in [3.05, 3.63) is 41.1 Å². The van der Waals surface area contributed by atoms with E-state index in [-0.39, 0.29) is 25.0 Å². The number of amides is 2. The molecule has 0 bridgehead atoms. The maximum Gasteiger partial charge on any atom is 0.263 e. The zero-order chi connectivity index (χ0) is 21.5. The summed E-state index contributed by atoms with van der Waals surface area (Å²) in [7, 11) is 1.58. The molecule has 30 heavy (non-hydrogen) atoms. The molecule has 2 amide bonds. The molecule has 0 radical (unpaired) electrons. The molecule has 0 unspecified atom stereocenters. The molecule has 3 rings (SSSR count). The Balaban J connectivity index is 1.60. The van der Waals surface area contributed by atoms with E-state index in [1.807, 2.05) is 24.3 Å². The average molecular weight is 433 g/mol. The van der Waals surface area contributed by atoms with Gasteiger partial charge in [0.15, 0.2) is 6.61 Å². The number of hydrogen-bond donors (Lipinski definition) is 2. The number of anilines is 1. The van der Waals surface area contributed by atoms with Crippen LogP contribution in [-0.2, 0) is 32.4 Å². The lowest BCUT2D eigenvalue weighted by atomic mass is 10.0. The second-order valence-corrected chi connectivity index (χ2v) is 8.31. The second kappa shape index (κ2) is 10.5. The van der Waals surface area contributed by atoms with Gasteiger partial charge in [-0.25, -0.2) is 4.68 Å². The molecule has 2 heterocycles. The van der Waals surface area contributed by atoms with E-state index >= 15 is 0 Å². The van der Waals surface area contributed by atoms with Crippen LogP contribution in [0.4, 0.5) is 5.82 Å². The van der Waals surface area contributed by atoms with Crippen LogP contribution >= 0.6 is 11.8 Å². The smallest absolute Gasteiger partial charge is 0.263 e. The van der Waals surface area contributed by atoms with E-state index in [0.717, 1.165) is 22.8 Å². The van der Waals surface area contributed by atoms with Gasteiger partial charge in [0.25, 0.3) is 5.91 Å². The highest BCUT2D eigenvalue weighted by atomic mass is 32.2. The monoisotopic (exact) mass is 432 g/mol. The van der Waals surface area contributed by atoms with Gasteiger partial charge < -0.3 is 20.1 Å². The molecule has 0 fully saturated rings. The molecule has 2 aromatic rings. The lowest BCUT2D eigenvalue weighted by Crippen LogP contribution is -2.31. The predicted octanol–water partition coefficient (Wildman–Crippen LogP) is 2.53. The third kappa shape index (κ3) is 5.76. The summed E-state index contributed by atoms with van der Waals surface area (Å²) in [5.41, 5.74) is 3.09. The Hall–Kier alpha value is -2.52. The summed E-state index contributed by atoms with van der Waals surface area (Å²) < 4.78 is 12.1. The van der Waals surface area contributed by atoms with E-state index < -0.39 is 0 Å². The van der Waals surface area contributed by atoms with Crippen LogP contribution in [0, 0.1) is 0 Å². The van der Waals surface area contributed by atoms with Crippen LogP contribution in [-0.4, -0.2) is 48.5 Å². The highest BCUT2D eigenvalue weighted by Crippen LogP contribution is 2.34. The summed E-state index contributed by atoms with van der Waals surface area (Å²) in [6, 6.07) is 7.73. The number of carbonyl (C=O) groups is 2. The third-order valence-corrected chi connectivity index (χ3v) is 5.69. The SMILES string of the molecule is COCCNC(=O)Cn1nc2c(c1NC(=O)COc1ccc(C(C)C)cc1)CSC2. The van der Waals surface area contributed by atoms with Crippen molar-refractivity contribution in [2.45, 2.75) is 37.8 Å². The number of methoxy groups -OCH3 is 1. The minimum atomic E-state index is -0.288. The minimum Gasteiger partial charge on any atom is -0.484 e. The Morgan fingerprint density at radius 2 is 1.97 bits per heavy atom. The fraction of sp³-hybridized carbons (Fsp3) is 0.476. The van der Waals surface area contributed by atoms with Crippen molar-refractivity contribution in [2.75, 3.05) is 32.2 Å². The minimum absolute atomic E-state index is 0.0362. The van der Waals surface area contributed by atoms with Gasteiger partial charge in [-0.2, -0.15) is 16.9 Å². The van der Waals surface area contributed by atoms with Gasteiger partial charge in [0.2, 0.25) is 5.91 Å². The maximum atomic E-state index is 12.5. The number of hydrogen-bond acceptors (Lipinski definition) is 6. The van der Waals surface area contributed by atoms with Gasteiger partial charge in [0.05, 0.1) is 12.3 Å². The number of nitrogens with zero attached hydrogens (tertiary/aromatic N) is 2. The van der Waals surface area contributed by atoms with Crippen LogP contribution < -0.4 is 15.4 Å². The van der Waals surface area contributed by atoms with Crippen LogP contribution in [0.1, 0.15) is 36.6 Å². The molecule has 1 aromatic heterocycles. The molecule has 0 saturated heterocycles. The van der Waals surface area contributed by atoms with Crippen molar-refractivity contribution in [2.24, 2.45) is 0 Å². The van der Waals surface area contributed by atoms with Crippen molar-refractivity contribution in [1.29, 1.82) is 0 Å². The first kappa shape index (κ1) is 22.2. The fourth-order valence-electron chi connectivity index (χ4n) is 3.07. The molecule has 0 saturated carbocycles. The van der Waals surface area contributed by atoms with Crippen molar-refractivity contribution < 1.29 is 19.1 Å². The third-order valence-electron chi connectivity index (χ3n) is 4.72. The number of thioether (sulfide) groups is 1. The number of rotatable bonds is 10. The number of fused-ring (bicyclic) bond motifs is 1. The van der Waals surface area contributed by atoms with E-state index in [0.29, 0.717) is 30.6 Å². The molecule has 2 N–H and O–H groups in total. The van der Waals surface area contributed by atoms with Gasteiger partial charge in [0.1, 0.15) is 18.1 Å². The van der Waals surface area contributed by atoms with Crippen LogP contribution in [0.3, 0.4) is 0 Å². The molecule has 0 atom stereocenters. The Morgan fingerprint density at radius 1 is 1.20 bits per heavy atom. The zero-order valence-corrected chi connectivity index (χ0v) is 18.4. The van der Waals surface area contributed by atoms with Gasteiger partial charge in [-0.1, -0.05) is 26.0 Å².